The van der Waals surface area contributed by atoms with E-state index in [4.69, 9.17) is 21.1 Å². The molecule has 200 valence electrons. The van der Waals surface area contributed by atoms with E-state index in [1.54, 1.807) is 48.5 Å². The summed E-state index contributed by atoms with van der Waals surface area (Å²) in [5.74, 6) is -1.02. The molecule has 0 saturated carbocycles. The number of carbonyl (C=O) groups is 4. The zero-order valence-electron chi connectivity index (χ0n) is 21.9. The van der Waals surface area contributed by atoms with Crippen molar-refractivity contribution in [2.45, 2.75) is 26.9 Å². The zero-order chi connectivity index (χ0) is 28.6. The predicted molar refractivity (Wildman–Crippen MR) is 151 cm³/mol. The SMILES string of the molecule is Cc1ccc(Oc2ccc(N3C(=O)c4ccc(C(=O)OC(C)C(=O)c5ccc(Cl)cc5)cc4C3=O)cc2)cc1C. The summed E-state index contributed by atoms with van der Waals surface area (Å²) < 4.78 is 11.2. The minimum Gasteiger partial charge on any atom is -0.457 e. The lowest BCUT2D eigenvalue weighted by Crippen LogP contribution is -2.29. The Morgan fingerprint density at radius 1 is 0.725 bits per heavy atom. The highest BCUT2D eigenvalue weighted by Gasteiger charge is 2.37. The van der Waals surface area contributed by atoms with Crippen molar-refractivity contribution in [3.8, 4) is 11.5 Å². The number of ketones is 1. The lowest BCUT2D eigenvalue weighted by molar-refractivity contribution is 0.0318. The topological polar surface area (TPSA) is 90.0 Å². The fraction of sp³-hybridized carbons (Fsp3) is 0.125. The van der Waals surface area contributed by atoms with Crippen LogP contribution in [0.5, 0.6) is 11.5 Å². The minimum atomic E-state index is -1.07. The molecule has 0 saturated heterocycles. The first kappa shape index (κ1) is 26.8. The van der Waals surface area contributed by atoms with Gasteiger partial charge in [0.05, 0.1) is 22.4 Å². The number of hydrogen-bond acceptors (Lipinski definition) is 6. The van der Waals surface area contributed by atoms with Gasteiger partial charge < -0.3 is 9.47 Å². The molecule has 0 aliphatic carbocycles. The molecule has 1 unspecified atom stereocenters. The third-order valence-corrected chi connectivity index (χ3v) is 6.97. The number of anilines is 1. The first-order chi connectivity index (χ1) is 19.1. The number of rotatable bonds is 7. The number of amides is 2. The van der Waals surface area contributed by atoms with Gasteiger partial charge in [-0.1, -0.05) is 17.7 Å². The van der Waals surface area contributed by atoms with E-state index < -0.39 is 29.7 Å². The van der Waals surface area contributed by atoms with E-state index in [0.717, 1.165) is 16.0 Å². The van der Waals surface area contributed by atoms with E-state index in [-0.39, 0.29) is 16.7 Å². The molecule has 2 amide bonds. The van der Waals surface area contributed by atoms with Gasteiger partial charge in [0.2, 0.25) is 5.78 Å². The van der Waals surface area contributed by atoms with Crippen molar-refractivity contribution in [1.82, 2.24) is 0 Å². The van der Waals surface area contributed by atoms with Gasteiger partial charge in [-0.05, 0) is 111 Å². The van der Waals surface area contributed by atoms with E-state index in [1.807, 2.05) is 32.0 Å². The number of halogens is 1. The van der Waals surface area contributed by atoms with Crippen LogP contribution in [0.4, 0.5) is 5.69 Å². The van der Waals surface area contributed by atoms with Crippen LogP contribution in [0.3, 0.4) is 0 Å². The Kier molecular flexibility index (Phi) is 7.24. The first-order valence-electron chi connectivity index (χ1n) is 12.5. The van der Waals surface area contributed by atoms with Gasteiger partial charge in [-0.2, -0.15) is 0 Å². The summed E-state index contributed by atoms with van der Waals surface area (Å²) in [6, 6.07) is 22.7. The number of imide groups is 1. The molecule has 1 aliphatic rings. The average molecular weight is 554 g/mol. The molecule has 4 aromatic rings. The second-order valence-electron chi connectivity index (χ2n) is 9.47. The Hall–Kier alpha value is -4.75. The monoisotopic (exact) mass is 553 g/mol. The van der Waals surface area contributed by atoms with Gasteiger partial charge in [0, 0.05) is 10.6 Å². The summed E-state index contributed by atoms with van der Waals surface area (Å²) in [6.45, 7) is 5.48. The highest BCUT2D eigenvalue weighted by molar-refractivity contribution is 6.34. The maximum atomic E-state index is 13.2. The molecular formula is C32H24ClNO6. The molecule has 0 radical (unpaired) electrons. The lowest BCUT2D eigenvalue weighted by atomic mass is 10.1. The van der Waals surface area contributed by atoms with E-state index in [9.17, 15) is 19.2 Å². The number of esters is 1. The molecule has 1 atom stereocenters. The number of ether oxygens (including phenoxy) is 2. The summed E-state index contributed by atoms with van der Waals surface area (Å²) in [5.41, 5.74) is 3.27. The highest BCUT2D eigenvalue weighted by atomic mass is 35.5. The molecule has 0 aromatic heterocycles. The largest absolute Gasteiger partial charge is 0.457 e. The molecule has 0 fully saturated rings. The zero-order valence-corrected chi connectivity index (χ0v) is 22.7. The van der Waals surface area contributed by atoms with E-state index in [0.29, 0.717) is 27.8 Å². The van der Waals surface area contributed by atoms with Crippen LogP contribution in [0.25, 0.3) is 0 Å². The minimum absolute atomic E-state index is 0.0506. The number of benzene rings is 4. The van der Waals surface area contributed by atoms with Gasteiger partial charge in [0.15, 0.2) is 6.10 Å². The van der Waals surface area contributed by atoms with Crippen molar-refractivity contribution in [2.75, 3.05) is 4.90 Å². The molecule has 1 aliphatic heterocycles. The summed E-state index contributed by atoms with van der Waals surface area (Å²) >= 11 is 5.87. The van der Waals surface area contributed by atoms with Gasteiger partial charge in [-0.15, -0.1) is 0 Å². The Balaban J connectivity index is 1.29. The second kappa shape index (κ2) is 10.8. The molecule has 0 spiro atoms. The Bertz CT molecular complexity index is 1660. The fourth-order valence-corrected chi connectivity index (χ4v) is 4.44. The molecule has 4 aromatic carbocycles. The Morgan fingerprint density at radius 3 is 2.02 bits per heavy atom. The number of hydrogen-bond donors (Lipinski definition) is 0. The molecule has 8 heteroatoms. The van der Waals surface area contributed by atoms with Crippen LogP contribution in [0.2, 0.25) is 5.02 Å². The highest BCUT2D eigenvalue weighted by Crippen LogP contribution is 2.32. The number of Topliss-reactive ketones (excluding diaryl/α,β-unsaturated/α-hetero) is 1. The number of fused-ring (bicyclic) bond motifs is 1. The van der Waals surface area contributed by atoms with Crippen molar-refractivity contribution >= 4 is 40.9 Å². The van der Waals surface area contributed by atoms with Gasteiger partial charge in [-0.25, -0.2) is 9.69 Å². The molecule has 7 nitrogen and oxygen atoms in total. The van der Waals surface area contributed by atoms with Gasteiger partial charge in [0.25, 0.3) is 11.8 Å². The first-order valence-corrected chi connectivity index (χ1v) is 12.9. The normalized spacial score (nSPS) is 13.2. The third-order valence-electron chi connectivity index (χ3n) is 6.71. The summed E-state index contributed by atoms with van der Waals surface area (Å²) in [6.07, 6.45) is -1.07. The van der Waals surface area contributed by atoms with Crippen LogP contribution >= 0.6 is 11.6 Å². The van der Waals surface area contributed by atoms with Crippen molar-refractivity contribution in [3.05, 3.63) is 123 Å². The maximum absolute atomic E-state index is 13.2. The van der Waals surface area contributed by atoms with Crippen LogP contribution in [0.15, 0.2) is 84.9 Å². The molecular weight excluding hydrogens is 530 g/mol. The third kappa shape index (κ3) is 5.24. The predicted octanol–water partition coefficient (Wildman–Crippen LogP) is 6.98. The maximum Gasteiger partial charge on any atom is 0.338 e. The molecule has 5 rings (SSSR count). The van der Waals surface area contributed by atoms with Crippen molar-refractivity contribution in [3.63, 3.8) is 0 Å². The van der Waals surface area contributed by atoms with Crippen molar-refractivity contribution < 1.29 is 28.7 Å². The van der Waals surface area contributed by atoms with Crippen LogP contribution in [0.1, 0.15) is 59.5 Å². The standard InChI is InChI=1S/C32H24ClNO6/c1-18-4-12-26(16-19(18)2)40-25-13-10-24(11-14-25)34-30(36)27-15-7-22(17-28(27)31(34)37)32(38)39-20(3)29(35)21-5-8-23(33)9-6-21/h4-17,20H,1-3H3. The summed E-state index contributed by atoms with van der Waals surface area (Å²) in [4.78, 5) is 52.8. The Labute approximate surface area is 235 Å². The van der Waals surface area contributed by atoms with Gasteiger partial charge in [0.1, 0.15) is 11.5 Å². The van der Waals surface area contributed by atoms with Crippen LogP contribution in [-0.2, 0) is 4.74 Å². The Morgan fingerprint density at radius 2 is 1.35 bits per heavy atom. The van der Waals surface area contributed by atoms with E-state index in [2.05, 4.69) is 0 Å². The van der Waals surface area contributed by atoms with Gasteiger partial charge >= 0.3 is 5.97 Å². The van der Waals surface area contributed by atoms with E-state index in [1.165, 1.54) is 25.1 Å². The fourth-order valence-electron chi connectivity index (χ4n) is 4.31. The average Bonchev–Trinajstić information content (AvgIpc) is 3.20. The second-order valence-corrected chi connectivity index (χ2v) is 9.90. The molecule has 40 heavy (non-hydrogen) atoms. The number of nitrogens with zero attached hydrogens (tertiary/aromatic N) is 1. The van der Waals surface area contributed by atoms with Gasteiger partial charge in [-0.3, -0.25) is 14.4 Å². The lowest BCUT2D eigenvalue weighted by Gasteiger charge is -2.15. The van der Waals surface area contributed by atoms with Crippen molar-refractivity contribution in [2.24, 2.45) is 0 Å². The number of carbonyl (C=O) groups excluding carboxylic acids is 4. The smallest absolute Gasteiger partial charge is 0.338 e. The number of aryl methyl sites for hydroxylation is 2. The molecule has 1 heterocycles. The quantitative estimate of drug-likeness (QED) is 0.139. The van der Waals surface area contributed by atoms with Crippen LogP contribution < -0.4 is 9.64 Å². The molecule has 0 bridgehead atoms. The van der Waals surface area contributed by atoms with Crippen LogP contribution in [-0.4, -0.2) is 29.7 Å². The van der Waals surface area contributed by atoms with Crippen molar-refractivity contribution in [1.29, 1.82) is 0 Å². The molecule has 0 N–H and O–H groups in total. The van der Waals surface area contributed by atoms with Crippen LogP contribution in [0, 0.1) is 13.8 Å². The summed E-state index contributed by atoms with van der Waals surface area (Å²) in [7, 11) is 0. The van der Waals surface area contributed by atoms with E-state index >= 15 is 0 Å². The summed E-state index contributed by atoms with van der Waals surface area (Å²) in [5, 5.41) is 0.481.